The molecule has 1 N–H and O–H groups in total. The maximum Gasteiger partial charge on any atom is 0.193 e. The topological polar surface area (TPSA) is 27.6 Å². The zero-order chi connectivity index (χ0) is 11.7. The number of guanidine groups is 1. The summed E-state index contributed by atoms with van der Waals surface area (Å²) in [6, 6.07) is 0. The standard InChI is InChI=1S/C14H25N3/c1-17-9-3-8-15-14(17)16-10-12-4-2-5-13(12)11-6-7-11/h11-13H,2-10H2,1H3,(H,15,16). The zero-order valence-corrected chi connectivity index (χ0v) is 11.0. The van der Waals surface area contributed by atoms with Crippen LogP contribution in [0, 0.1) is 17.8 Å². The fourth-order valence-electron chi connectivity index (χ4n) is 3.60. The Morgan fingerprint density at radius 3 is 2.88 bits per heavy atom. The lowest BCUT2D eigenvalue weighted by molar-refractivity contribution is 0.337. The molecule has 1 heterocycles. The van der Waals surface area contributed by atoms with Gasteiger partial charge in [0.2, 0.25) is 0 Å². The fraction of sp³-hybridized carbons (Fsp3) is 0.929. The van der Waals surface area contributed by atoms with Gasteiger partial charge in [-0.3, -0.25) is 4.99 Å². The molecule has 3 heteroatoms. The Bertz CT molecular complexity index is 296. The van der Waals surface area contributed by atoms with Crippen LogP contribution in [-0.2, 0) is 0 Å². The molecule has 3 rings (SSSR count). The molecule has 0 amide bonds. The van der Waals surface area contributed by atoms with Gasteiger partial charge in [-0.2, -0.15) is 0 Å². The summed E-state index contributed by atoms with van der Waals surface area (Å²) in [7, 11) is 2.15. The van der Waals surface area contributed by atoms with Crippen molar-refractivity contribution in [1.82, 2.24) is 10.2 Å². The third-order valence-corrected chi connectivity index (χ3v) is 4.74. The van der Waals surface area contributed by atoms with E-state index in [1.54, 1.807) is 0 Å². The molecule has 0 aromatic heterocycles. The van der Waals surface area contributed by atoms with Gasteiger partial charge in [0, 0.05) is 26.7 Å². The maximum atomic E-state index is 4.59. The average Bonchev–Trinajstić information content (AvgIpc) is 3.08. The van der Waals surface area contributed by atoms with Crippen LogP contribution in [0.5, 0.6) is 0 Å². The molecular weight excluding hydrogens is 210 g/mol. The summed E-state index contributed by atoms with van der Waals surface area (Å²) >= 11 is 0. The number of hydrogen-bond donors (Lipinski definition) is 1. The summed E-state index contributed by atoms with van der Waals surface area (Å²) in [5, 5.41) is 3.60. The van der Waals surface area contributed by atoms with Gasteiger partial charge in [-0.15, -0.1) is 0 Å². The van der Waals surface area contributed by atoms with Crippen molar-refractivity contribution < 1.29 is 0 Å². The molecule has 2 atom stereocenters. The highest BCUT2D eigenvalue weighted by atomic mass is 15.3. The van der Waals surface area contributed by atoms with Crippen LogP contribution in [0.2, 0.25) is 0 Å². The van der Waals surface area contributed by atoms with Crippen LogP contribution < -0.4 is 5.32 Å². The predicted molar refractivity (Wildman–Crippen MR) is 71.1 cm³/mol. The molecule has 2 fully saturated rings. The molecule has 0 aromatic carbocycles. The molecule has 2 unspecified atom stereocenters. The number of nitrogens with zero attached hydrogens (tertiary/aromatic N) is 2. The number of rotatable bonds is 3. The van der Waals surface area contributed by atoms with Crippen molar-refractivity contribution >= 4 is 5.96 Å². The average molecular weight is 235 g/mol. The molecule has 1 aliphatic heterocycles. The minimum Gasteiger partial charge on any atom is -0.356 e. The number of aliphatic imine (C=N–C) groups is 1. The smallest absolute Gasteiger partial charge is 0.193 e. The van der Waals surface area contributed by atoms with E-state index < -0.39 is 0 Å². The van der Waals surface area contributed by atoms with Crippen molar-refractivity contribution in [2.75, 3.05) is 26.7 Å². The van der Waals surface area contributed by atoms with Gasteiger partial charge in [0.1, 0.15) is 0 Å². The second-order valence-corrected chi connectivity index (χ2v) is 6.05. The first-order valence-electron chi connectivity index (χ1n) is 7.34. The Morgan fingerprint density at radius 1 is 1.24 bits per heavy atom. The van der Waals surface area contributed by atoms with Crippen LogP contribution >= 0.6 is 0 Å². The highest BCUT2D eigenvalue weighted by molar-refractivity contribution is 5.80. The second kappa shape index (κ2) is 4.87. The van der Waals surface area contributed by atoms with E-state index in [9.17, 15) is 0 Å². The minimum atomic E-state index is 0.917. The van der Waals surface area contributed by atoms with E-state index >= 15 is 0 Å². The molecule has 3 nitrogen and oxygen atoms in total. The third-order valence-electron chi connectivity index (χ3n) is 4.74. The fourth-order valence-corrected chi connectivity index (χ4v) is 3.60. The van der Waals surface area contributed by atoms with Crippen LogP contribution in [0.15, 0.2) is 4.99 Å². The maximum absolute atomic E-state index is 4.59. The van der Waals surface area contributed by atoms with E-state index in [1.807, 2.05) is 0 Å². The summed E-state index contributed by atoms with van der Waals surface area (Å²) in [4.78, 5) is 6.86. The molecular formula is C14H25N3. The van der Waals surface area contributed by atoms with E-state index in [2.05, 4.69) is 22.3 Å². The van der Waals surface area contributed by atoms with Crippen molar-refractivity contribution in [3.8, 4) is 0 Å². The van der Waals surface area contributed by atoms with Gasteiger partial charge in [0.05, 0.1) is 0 Å². The van der Waals surface area contributed by atoms with Crippen LogP contribution in [0.1, 0.15) is 38.5 Å². The van der Waals surface area contributed by atoms with E-state index in [0.29, 0.717) is 0 Å². The van der Waals surface area contributed by atoms with Gasteiger partial charge < -0.3 is 10.2 Å². The van der Waals surface area contributed by atoms with E-state index in [-0.39, 0.29) is 0 Å². The Kier molecular flexibility index (Phi) is 3.26. The molecule has 0 spiro atoms. The first-order chi connectivity index (χ1) is 8.34. The molecule has 2 aliphatic carbocycles. The molecule has 2 saturated carbocycles. The Morgan fingerprint density at radius 2 is 2.12 bits per heavy atom. The quantitative estimate of drug-likeness (QED) is 0.811. The summed E-state index contributed by atoms with van der Waals surface area (Å²) in [6.07, 6.45) is 8.58. The zero-order valence-electron chi connectivity index (χ0n) is 11.0. The molecule has 0 bridgehead atoms. The van der Waals surface area contributed by atoms with Crippen molar-refractivity contribution in [3.63, 3.8) is 0 Å². The van der Waals surface area contributed by atoms with Gasteiger partial charge in [0.15, 0.2) is 5.96 Å². The first-order valence-corrected chi connectivity index (χ1v) is 7.34. The Balaban J connectivity index is 1.51. The lowest BCUT2D eigenvalue weighted by atomic mass is 9.91. The van der Waals surface area contributed by atoms with Gasteiger partial charge in [-0.1, -0.05) is 6.42 Å². The third kappa shape index (κ3) is 2.58. The molecule has 0 saturated heterocycles. The van der Waals surface area contributed by atoms with Crippen molar-refractivity contribution in [1.29, 1.82) is 0 Å². The van der Waals surface area contributed by atoms with Gasteiger partial charge in [-0.25, -0.2) is 0 Å². The highest BCUT2D eigenvalue weighted by Crippen LogP contribution is 2.47. The lowest BCUT2D eigenvalue weighted by Gasteiger charge is -2.28. The van der Waals surface area contributed by atoms with E-state index in [4.69, 9.17) is 0 Å². The van der Waals surface area contributed by atoms with E-state index in [0.717, 1.165) is 43.3 Å². The summed E-state index contributed by atoms with van der Waals surface area (Å²) in [5.41, 5.74) is 0. The van der Waals surface area contributed by atoms with Crippen molar-refractivity contribution in [3.05, 3.63) is 0 Å². The largest absolute Gasteiger partial charge is 0.356 e. The van der Waals surface area contributed by atoms with Crippen molar-refractivity contribution in [2.24, 2.45) is 22.7 Å². The monoisotopic (exact) mass is 235 g/mol. The molecule has 17 heavy (non-hydrogen) atoms. The number of nitrogens with one attached hydrogen (secondary N) is 1. The predicted octanol–water partition coefficient (Wildman–Crippen LogP) is 2.09. The highest BCUT2D eigenvalue weighted by Gasteiger charge is 2.39. The molecule has 96 valence electrons. The Labute approximate surface area is 105 Å². The molecule has 0 radical (unpaired) electrons. The van der Waals surface area contributed by atoms with Gasteiger partial charge in [0.25, 0.3) is 0 Å². The molecule has 3 aliphatic rings. The van der Waals surface area contributed by atoms with Crippen LogP contribution in [-0.4, -0.2) is 37.5 Å². The van der Waals surface area contributed by atoms with Gasteiger partial charge >= 0.3 is 0 Å². The lowest BCUT2D eigenvalue weighted by Crippen LogP contribution is -2.44. The van der Waals surface area contributed by atoms with Gasteiger partial charge in [-0.05, 0) is 49.9 Å². The molecule has 0 aromatic rings. The Hall–Kier alpha value is -0.730. The van der Waals surface area contributed by atoms with Crippen molar-refractivity contribution in [2.45, 2.75) is 38.5 Å². The summed E-state index contributed by atoms with van der Waals surface area (Å²) < 4.78 is 0. The summed E-state index contributed by atoms with van der Waals surface area (Å²) in [6.45, 7) is 3.32. The number of hydrogen-bond acceptors (Lipinski definition) is 3. The van der Waals surface area contributed by atoms with Crippen LogP contribution in [0.4, 0.5) is 0 Å². The minimum absolute atomic E-state index is 0.917. The summed E-state index contributed by atoms with van der Waals surface area (Å²) in [5.74, 6) is 4.16. The van der Waals surface area contributed by atoms with Crippen LogP contribution in [0.3, 0.4) is 0 Å². The SMILES string of the molecule is CN1CCCN=C1NCC1CCCC1C1CC1. The normalized spacial score (nSPS) is 33.7. The second-order valence-electron chi connectivity index (χ2n) is 6.05. The first kappa shape index (κ1) is 11.4. The van der Waals surface area contributed by atoms with Crippen LogP contribution in [0.25, 0.3) is 0 Å². The van der Waals surface area contributed by atoms with E-state index in [1.165, 1.54) is 38.5 Å².